The average Bonchev–Trinajstić information content (AvgIpc) is 2.75. The number of likely N-dealkylation sites (tertiary alicyclic amines) is 1. The van der Waals surface area contributed by atoms with Gasteiger partial charge in [-0.1, -0.05) is 67.1 Å². The van der Waals surface area contributed by atoms with Gasteiger partial charge >= 0.3 is 6.18 Å². The monoisotopic (exact) mass is 401 g/mol. The van der Waals surface area contributed by atoms with Crippen LogP contribution in [0.1, 0.15) is 30.4 Å². The molecule has 0 amide bonds. The molecule has 29 heavy (non-hydrogen) atoms. The fourth-order valence-electron chi connectivity index (χ4n) is 4.46. The molecule has 2 nitrogen and oxygen atoms in total. The molecule has 2 aliphatic rings. The summed E-state index contributed by atoms with van der Waals surface area (Å²) in [6.07, 6.45) is -0.151. The van der Waals surface area contributed by atoms with Gasteiger partial charge in [-0.25, -0.2) is 0 Å². The highest BCUT2D eigenvalue weighted by molar-refractivity contribution is 5.61. The summed E-state index contributed by atoms with van der Waals surface area (Å²) in [6, 6.07) is 18.6. The third-order valence-electron chi connectivity index (χ3n) is 5.91. The predicted octanol–water partition coefficient (Wildman–Crippen LogP) is 5.91. The van der Waals surface area contributed by atoms with Crippen LogP contribution < -0.4 is 0 Å². The molecule has 0 N–H and O–H groups in total. The van der Waals surface area contributed by atoms with E-state index in [2.05, 4.69) is 4.90 Å². The van der Waals surface area contributed by atoms with Gasteiger partial charge in [-0.3, -0.25) is 4.90 Å². The van der Waals surface area contributed by atoms with Crippen LogP contribution in [-0.2, 0) is 11.2 Å². The maximum atomic E-state index is 14.2. The van der Waals surface area contributed by atoms with Crippen LogP contribution in [0.3, 0.4) is 0 Å². The number of halogens is 3. The second-order valence-corrected chi connectivity index (χ2v) is 7.92. The van der Waals surface area contributed by atoms with Crippen LogP contribution in [-0.4, -0.2) is 30.4 Å². The lowest BCUT2D eigenvalue weighted by Crippen LogP contribution is -2.51. The van der Waals surface area contributed by atoms with Crippen LogP contribution in [0.25, 0.3) is 5.76 Å². The van der Waals surface area contributed by atoms with Crippen LogP contribution in [0.2, 0.25) is 0 Å². The highest BCUT2D eigenvalue weighted by Crippen LogP contribution is 2.44. The smallest absolute Gasteiger partial charge is 0.395 e. The largest absolute Gasteiger partial charge is 0.474 e. The van der Waals surface area contributed by atoms with E-state index in [1.54, 1.807) is 0 Å². The van der Waals surface area contributed by atoms with Gasteiger partial charge in [0.05, 0.1) is 5.92 Å². The number of nitrogens with zero attached hydrogens (tertiary/aromatic N) is 1. The van der Waals surface area contributed by atoms with E-state index >= 15 is 0 Å². The molecule has 0 bridgehead atoms. The zero-order valence-electron chi connectivity index (χ0n) is 16.3. The van der Waals surface area contributed by atoms with E-state index in [9.17, 15) is 13.2 Å². The molecular weight excluding hydrogens is 375 g/mol. The van der Waals surface area contributed by atoms with Crippen LogP contribution in [0, 0.1) is 11.8 Å². The molecule has 1 fully saturated rings. The van der Waals surface area contributed by atoms with Crippen molar-refractivity contribution in [2.45, 2.75) is 38.1 Å². The van der Waals surface area contributed by atoms with Crippen molar-refractivity contribution >= 4 is 5.76 Å². The maximum absolute atomic E-state index is 14.2. The third kappa shape index (κ3) is 4.67. The van der Waals surface area contributed by atoms with E-state index < -0.39 is 24.2 Å². The Balaban J connectivity index is 1.73. The Morgan fingerprint density at radius 3 is 2.10 bits per heavy atom. The lowest BCUT2D eigenvalue weighted by atomic mass is 9.81. The van der Waals surface area contributed by atoms with Crippen LogP contribution in [0.15, 0.2) is 66.7 Å². The topological polar surface area (TPSA) is 12.5 Å². The summed E-state index contributed by atoms with van der Waals surface area (Å²) in [4.78, 5) is 2.12. The predicted molar refractivity (Wildman–Crippen MR) is 108 cm³/mol. The molecule has 2 heterocycles. The molecule has 0 spiro atoms. The molecule has 2 aromatic rings. The van der Waals surface area contributed by atoms with Crippen molar-refractivity contribution in [2.24, 2.45) is 11.8 Å². The molecular formula is C24H26F3NO. The average molecular weight is 401 g/mol. The fourth-order valence-corrected chi connectivity index (χ4v) is 4.46. The quantitative estimate of drug-likeness (QED) is 0.632. The van der Waals surface area contributed by atoms with Crippen LogP contribution in [0.5, 0.6) is 0 Å². The number of rotatable bonds is 4. The molecule has 0 radical (unpaired) electrons. The number of hydrogen-bond donors (Lipinski definition) is 0. The second kappa shape index (κ2) is 8.62. The van der Waals surface area contributed by atoms with Gasteiger partial charge in [0.1, 0.15) is 5.76 Å². The molecule has 0 unspecified atom stereocenters. The van der Waals surface area contributed by atoms with Gasteiger partial charge in [-0.2, -0.15) is 13.2 Å². The van der Waals surface area contributed by atoms with E-state index in [1.165, 1.54) is 6.08 Å². The third-order valence-corrected chi connectivity index (χ3v) is 5.91. The SMILES string of the molecule is FC(F)(F)[C@@H]1C=C(c2ccccc2)O[C@H](N2CCCCC2)[C@H]1Cc1ccccc1. The number of piperidine rings is 1. The number of alkyl halides is 3. The first kappa shape index (κ1) is 20.0. The van der Waals surface area contributed by atoms with Crippen molar-refractivity contribution in [3.8, 4) is 0 Å². The van der Waals surface area contributed by atoms with Crippen LogP contribution >= 0.6 is 0 Å². The van der Waals surface area contributed by atoms with Gasteiger partial charge in [-0.05, 0) is 30.9 Å². The van der Waals surface area contributed by atoms with E-state index in [0.717, 1.165) is 37.9 Å². The molecule has 0 aromatic heterocycles. The number of benzene rings is 2. The van der Waals surface area contributed by atoms with Crippen molar-refractivity contribution in [3.63, 3.8) is 0 Å². The standard InChI is InChI=1S/C24H26F3NO/c25-24(26,27)21-17-22(19-12-6-2-7-13-19)29-23(28-14-8-3-9-15-28)20(21)16-18-10-4-1-5-11-18/h1-2,4-7,10-13,17,20-21,23H,3,8-9,14-16H2/t20-,21+,23-/m0/s1. The highest BCUT2D eigenvalue weighted by atomic mass is 19.4. The zero-order valence-corrected chi connectivity index (χ0v) is 16.3. The minimum atomic E-state index is -4.32. The molecule has 4 rings (SSSR count). The minimum absolute atomic E-state index is 0.338. The molecule has 0 saturated carbocycles. The molecule has 1 saturated heterocycles. The summed E-state index contributed by atoms with van der Waals surface area (Å²) in [7, 11) is 0. The van der Waals surface area contributed by atoms with Gasteiger partial charge in [0.15, 0.2) is 6.23 Å². The summed E-state index contributed by atoms with van der Waals surface area (Å²) >= 11 is 0. The van der Waals surface area contributed by atoms with Crippen molar-refractivity contribution in [1.29, 1.82) is 0 Å². The Kier molecular flexibility index (Phi) is 5.95. The Morgan fingerprint density at radius 1 is 0.862 bits per heavy atom. The van der Waals surface area contributed by atoms with Gasteiger partial charge in [0.25, 0.3) is 0 Å². The Labute approximate surface area is 170 Å². The summed E-state index contributed by atoms with van der Waals surface area (Å²) in [6.45, 7) is 1.56. The molecule has 2 aromatic carbocycles. The number of hydrogen-bond acceptors (Lipinski definition) is 2. The van der Waals surface area contributed by atoms with Gasteiger partial charge in [-0.15, -0.1) is 0 Å². The maximum Gasteiger partial charge on any atom is 0.395 e. The van der Waals surface area contributed by atoms with Gasteiger partial charge < -0.3 is 4.74 Å². The first-order valence-electron chi connectivity index (χ1n) is 10.3. The second-order valence-electron chi connectivity index (χ2n) is 7.92. The summed E-state index contributed by atoms with van der Waals surface area (Å²) < 4.78 is 48.9. The van der Waals surface area contributed by atoms with Crippen molar-refractivity contribution < 1.29 is 17.9 Å². The summed E-state index contributed by atoms with van der Waals surface area (Å²) in [5, 5.41) is 0. The fraction of sp³-hybridized carbons (Fsp3) is 0.417. The summed E-state index contributed by atoms with van der Waals surface area (Å²) in [5.74, 6) is -1.88. The zero-order chi connectivity index (χ0) is 20.3. The Hall–Kier alpha value is -2.27. The van der Waals surface area contributed by atoms with E-state index in [1.807, 2.05) is 60.7 Å². The first-order chi connectivity index (χ1) is 14.0. The van der Waals surface area contributed by atoms with E-state index in [4.69, 9.17) is 4.74 Å². The number of allylic oxidation sites excluding steroid dienone is 1. The van der Waals surface area contributed by atoms with Gasteiger partial charge in [0, 0.05) is 24.6 Å². The normalized spacial score (nSPS) is 25.9. The lowest BCUT2D eigenvalue weighted by molar-refractivity contribution is -0.201. The lowest BCUT2D eigenvalue weighted by Gasteiger charge is -2.45. The molecule has 5 heteroatoms. The van der Waals surface area contributed by atoms with Crippen molar-refractivity contribution in [1.82, 2.24) is 4.90 Å². The molecule has 2 aliphatic heterocycles. The van der Waals surface area contributed by atoms with Crippen LogP contribution in [0.4, 0.5) is 13.2 Å². The van der Waals surface area contributed by atoms with E-state index in [-0.39, 0.29) is 0 Å². The Morgan fingerprint density at radius 2 is 1.48 bits per heavy atom. The number of ether oxygens (including phenoxy) is 1. The molecule has 0 aliphatic carbocycles. The van der Waals surface area contributed by atoms with Gasteiger partial charge in [0.2, 0.25) is 0 Å². The van der Waals surface area contributed by atoms with E-state index in [0.29, 0.717) is 17.7 Å². The first-order valence-corrected chi connectivity index (χ1v) is 10.3. The Bertz CT molecular complexity index is 813. The van der Waals surface area contributed by atoms with Crippen molar-refractivity contribution in [3.05, 3.63) is 77.9 Å². The highest BCUT2D eigenvalue weighted by Gasteiger charge is 2.50. The van der Waals surface area contributed by atoms with Crippen molar-refractivity contribution in [2.75, 3.05) is 13.1 Å². The minimum Gasteiger partial charge on any atom is -0.474 e. The molecule has 154 valence electrons. The summed E-state index contributed by atoms with van der Waals surface area (Å²) in [5.41, 5.74) is 1.61. The molecule has 3 atom stereocenters.